The maximum Gasteiger partial charge on any atom is 0.0574 e. The van der Waals surface area contributed by atoms with Crippen molar-refractivity contribution in [2.45, 2.75) is 45.4 Å². The number of para-hydroxylation sites is 1. The van der Waals surface area contributed by atoms with Gasteiger partial charge < -0.3 is 0 Å². The zero-order valence-electron chi connectivity index (χ0n) is 9.78. The zero-order valence-corrected chi connectivity index (χ0v) is 9.78. The molecule has 83 valence electrons. The molecule has 1 rings (SSSR count). The van der Waals surface area contributed by atoms with Crippen LogP contribution in [0.2, 0.25) is 0 Å². The largest absolute Gasteiger partial charge is 0.285 e. The van der Waals surface area contributed by atoms with Gasteiger partial charge >= 0.3 is 0 Å². The van der Waals surface area contributed by atoms with E-state index in [1.807, 2.05) is 18.2 Å². The van der Waals surface area contributed by atoms with E-state index in [9.17, 15) is 0 Å². The molecule has 0 bridgehead atoms. The molecule has 0 unspecified atom stereocenters. The Morgan fingerprint density at radius 3 is 2.27 bits per heavy atom. The second-order valence-corrected chi connectivity index (χ2v) is 3.99. The SMILES string of the molecule is CCCCCCCC[N]c1ccccc1. The number of rotatable bonds is 8. The maximum absolute atomic E-state index is 4.52. The minimum absolute atomic E-state index is 0.982. The quantitative estimate of drug-likeness (QED) is 0.561. The molecule has 1 aromatic rings. The van der Waals surface area contributed by atoms with Crippen molar-refractivity contribution < 1.29 is 0 Å². The van der Waals surface area contributed by atoms with Crippen LogP contribution in [0.3, 0.4) is 0 Å². The standard InChI is InChI=1S/C14H22N/c1-2-3-4-5-6-10-13-15-14-11-8-7-9-12-14/h7-9,11-12H,2-6,10,13H2,1H3. The normalized spacial score (nSPS) is 10.2. The Morgan fingerprint density at radius 1 is 0.867 bits per heavy atom. The van der Waals surface area contributed by atoms with Crippen molar-refractivity contribution in [2.24, 2.45) is 0 Å². The van der Waals surface area contributed by atoms with Crippen LogP contribution in [0.5, 0.6) is 0 Å². The van der Waals surface area contributed by atoms with Crippen molar-refractivity contribution >= 4 is 5.69 Å². The van der Waals surface area contributed by atoms with Crippen LogP contribution in [-0.2, 0) is 0 Å². The van der Waals surface area contributed by atoms with Crippen molar-refractivity contribution in [3.05, 3.63) is 30.3 Å². The fourth-order valence-electron chi connectivity index (χ4n) is 1.63. The van der Waals surface area contributed by atoms with E-state index in [-0.39, 0.29) is 0 Å². The molecule has 0 fully saturated rings. The van der Waals surface area contributed by atoms with Crippen LogP contribution in [0.15, 0.2) is 30.3 Å². The van der Waals surface area contributed by atoms with Crippen LogP contribution >= 0.6 is 0 Å². The average molecular weight is 204 g/mol. The molecule has 0 saturated heterocycles. The Kier molecular flexibility index (Phi) is 6.72. The molecule has 1 aromatic carbocycles. The monoisotopic (exact) mass is 204 g/mol. The summed E-state index contributed by atoms with van der Waals surface area (Å²) in [6.45, 7) is 3.24. The first-order chi connectivity index (χ1) is 7.43. The number of hydrogen-bond acceptors (Lipinski definition) is 0. The second kappa shape index (κ2) is 8.34. The molecule has 1 radical (unpaired) electrons. The smallest absolute Gasteiger partial charge is 0.0574 e. The highest BCUT2D eigenvalue weighted by molar-refractivity contribution is 5.34. The lowest BCUT2D eigenvalue weighted by molar-refractivity contribution is 0.597. The lowest BCUT2D eigenvalue weighted by atomic mass is 10.1. The molecule has 0 aliphatic rings. The summed E-state index contributed by atoms with van der Waals surface area (Å²) in [5.41, 5.74) is 1.12. The number of unbranched alkanes of at least 4 members (excludes halogenated alkanes) is 5. The van der Waals surface area contributed by atoms with E-state index in [1.54, 1.807) is 0 Å². The van der Waals surface area contributed by atoms with Crippen LogP contribution in [0.4, 0.5) is 5.69 Å². The highest BCUT2D eigenvalue weighted by atomic mass is 14.9. The Hall–Kier alpha value is -0.980. The fourth-order valence-corrected chi connectivity index (χ4v) is 1.63. The van der Waals surface area contributed by atoms with Gasteiger partial charge in [0.2, 0.25) is 0 Å². The van der Waals surface area contributed by atoms with Crippen molar-refractivity contribution in [1.82, 2.24) is 5.32 Å². The summed E-state index contributed by atoms with van der Waals surface area (Å²) in [4.78, 5) is 0. The molecule has 1 heteroatoms. The van der Waals surface area contributed by atoms with Gasteiger partial charge in [0.1, 0.15) is 0 Å². The molecule has 1 nitrogen and oxygen atoms in total. The predicted molar refractivity (Wildman–Crippen MR) is 66.5 cm³/mol. The van der Waals surface area contributed by atoms with Crippen molar-refractivity contribution in [2.75, 3.05) is 6.54 Å². The molecule has 0 N–H and O–H groups in total. The van der Waals surface area contributed by atoms with Gasteiger partial charge in [0, 0.05) is 6.54 Å². The van der Waals surface area contributed by atoms with Crippen LogP contribution in [0.25, 0.3) is 0 Å². The van der Waals surface area contributed by atoms with E-state index in [0.29, 0.717) is 0 Å². The number of benzene rings is 1. The molecule has 15 heavy (non-hydrogen) atoms. The summed E-state index contributed by atoms with van der Waals surface area (Å²) in [6, 6.07) is 10.2. The fraction of sp³-hybridized carbons (Fsp3) is 0.571. The molecule has 0 saturated carbocycles. The Bertz CT molecular complexity index is 230. The Labute approximate surface area is 93.9 Å². The van der Waals surface area contributed by atoms with Crippen LogP contribution < -0.4 is 5.32 Å². The summed E-state index contributed by atoms with van der Waals surface area (Å²) in [6.07, 6.45) is 8.04. The predicted octanol–water partition coefficient (Wildman–Crippen LogP) is 4.28. The van der Waals surface area contributed by atoms with Crippen molar-refractivity contribution in [3.8, 4) is 0 Å². The maximum atomic E-state index is 4.52. The molecule has 0 atom stereocenters. The van der Waals surface area contributed by atoms with Gasteiger partial charge in [0.15, 0.2) is 0 Å². The zero-order chi connectivity index (χ0) is 10.8. The molecule has 0 heterocycles. The third-order valence-electron chi connectivity index (χ3n) is 2.56. The van der Waals surface area contributed by atoms with E-state index < -0.39 is 0 Å². The summed E-state index contributed by atoms with van der Waals surface area (Å²) >= 11 is 0. The first-order valence-electron chi connectivity index (χ1n) is 6.16. The highest BCUT2D eigenvalue weighted by Crippen LogP contribution is 2.08. The van der Waals surface area contributed by atoms with Gasteiger partial charge in [0.05, 0.1) is 5.69 Å². The summed E-state index contributed by atoms with van der Waals surface area (Å²) in [5.74, 6) is 0. The van der Waals surface area contributed by atoms with Gasteiger partial charge in [-0.2, -0.15) is 0 Å². The van der Waals surface area contributed by atoms with Gasteiger partial charge in [-0.1, -0.05) is 57.2 Å². The lowest BCUT2D eigenvalue weighted by Gasteiger charge is -2.02. The third-order valence-corrected chi connectivity index (χ3v) is 2.56. The Morgan fingerprint density at radius 2 is 1.53 bits per heavy atom. The van der Waals surface area contributed by atoms with E-state index in [2.05, 4.69) is 24.4 Å². The van der Waals surface area contributed by atoms with E-state index in [4.69, 9.17) is 0 Å². The van der Waals surface area contributed by atoms with Gasteiger partial charge in [-0.15, -0.1) is 0 Å². The van der Waals surface area contributed by atoms with Gasteiger partial charge in [-0.3, -0.25) is 5.32 Å². The van der Waals surface area contributed by atoms with Crippen LogP contribution in [-0.4, -0.2) is 6.54 Å². The van der Waals surface area contributed by atoms with Crippen molar-refractivity contribution in [3.63, 3.8) is 0 Å². The molecular weight excluding hydrogens is 182 g/mol. The molecule has 0 aromatic heterocycles. The molecule has 0 amide bonds. The molecule has 0 aliphatic carbocycles. The first kappa shape index (κ1) is 12.1. The average Bonchev–Trinajstić information content (AvgIpc) is 2.29. The molecule has 0 aliphatic heterocycles. The number of nitrogens with zero attached hydrogens (tertiary/aromatic N) is 1. The van der Waals surface area contributed by atoms with Crippen LogP contribution in [0, 0.1) is 0 Å². The highest BCUT2D eigenvalue weighted by Gasteiger charge is 1.92. The van der Waals surface area contributed by atoms with Gasteiger partial charge in [-0.25, -0.2) is 0 Å². The van der Waals surface area contributed by atoms with E-state index in [1.165, 1.54) is 38.5 Å². The minimum Gasteiger partial charge on any atom is -0.285 e. The summed E-state index contributed by atoms with van der Waals surface area (Å²) < 4.78 is 0. The van der Waals surface area contributed by atoms with Gasteiger partial charge in [0.25, 0.3) is 0 Å². The van der Waals surface area contributed by atoms with Crippen molar-refractivity contribution in [1.29, 1.82) is 0 Å². The van der Waals surface area contributed by atoms with E-state index in [0.717, 1.165) is 12.2 Å². The molecule has 0 spiro atoms. The third kappa shape index (κ3) is 6.16. The molecular formula is C14H22N. The Balaban J connectivity index is 1.93. The number of hydrogen-bond donors (Lipinski definition) is 0. The summed E-state index contributed by atoms with van der Waals surface area (Å²) in [7, 11) is 0. The van der Waals surface area contributed by atoms with Crippen LogP contribution in [0.1, 0.15) is 45.4 Å². The van der Waals surface area contributed by atoms with Gasteiger partial charge in [-0.05, 0) is 18.6 Å². The first-order valence-corrected chi connectivity index (χ1v) is 6.16. The lowest BCUT2D eigenvalue weighted by Crippen LogP contribution is -1.99. The topological polar surface area (TPSA) is 14.1 Å². The summed E-state index contributed by atoms with van der Waals surface area (Å²) in [5, 5.41) is 4.52. The van der Waals surface area contributed by atoms with E-state index >= 15 is 0 Å². The second-order valence-electron chi connectivity index (χ2n) is 3.99. The minimum atomic E-state index is 0.982.